The van der Waals surface area contributed by atoms with Crippen molar-refractivity contribution in [3.05, 3.63) is 34.3 Å². The molecule has 3 nitrogen and oxygen atoms in total. The lowest BCUT2D eigenvalue weighted by Gasteiger charge is -2.41. The second kappa shape index (κ2) is 10.00. The molecule has 1 saturated carbocycles. The largest absolute Gasteiger partial charge is 0.379 e. The first-order valence-corrected chi connectivity index (χ1v) is 9.30. The fourth-order valence-corrected chi connectivity index (χ4v) is 3.84. The fraction of sp³-hybridized carbons (Fsp3) is 0.667. The van der Waals surface area contributed by atoms with Crippen LogP contribution in [0.3, 0.4) is 0 Å². The summed E-state index contributed by atoms with van der Waals surface area (Å²) in [5.74, 6) is 0. The molecule has 1 aliphatic heterocycles. The van der Waals surface area contributed by atoms with Crippen LogP contribution in [0, 0.1) is 0 Å². The molecule has 2 fully saturated rings. The number of rotatable bonds is 5. The van der Waals surface area contributed by atoms with E-state index in [0.29, 0.717) is 12.1 Å². The smallest absolute Gasteiger partial charge is 0.0730 e. The molecule has 0 aromatic heterocycles. The van der Waals surface area contributed by atoms with Gasteiger partial charge in [0.2, 0.25) is 0 Å². The highest BCUT2D eigenvalue weighted by Crippen LogP contribution is 2.26. The predicted octanol–water partition coefficient (Wildman–Crippen LogP) is 4.07. The minimum Gasteiger partial charge on any atom is -0.379 e. The van der Waals surface area contributed by atoms with Crippen LogP contribution in [0.5, 0.6) is 0 Å². The van der Waals surface area contributed by atoms with Gasteiger partial charge in [0.25, 0.3) is 0 Å². The summed E-state index contributed by atoms with van der Waals surface area (Å²) >= 11 is 3.48. The summed E-state index contributed by atoms with van der Waals surface area (Å²) in [4.78, 5) is 2.59. The van der Waals surface area contributed by atoms with Gasteiger partial charge < -0.3 is 9.47 Å². The second-order valence-corrected chi connectivity index (χ2v) is 7.20. The van der Waals surface area contributed by atoms with Crippen LogP contribution in [0.15, 0.2) is 28.7 Å². The van der Waals surface area contributed by atoms with Gasteiger partial charge in [-0.05, 0) is 37.0 Å². The summed E-state index contributed by atoms with van der Waals surface area (Å²) < 4.78 is 12.9. The monoisotopic (exact) mass is 403 g/mol. The third-order valence-corrected chi connectivity index (χ3v) is 5.35. The highest BCUT2D eigenvalue weighted by Gasteiger charge is 2.31. The van der Waals surface area contributed by atoms with Crippen molar-refractivity contribution in [3.63, 3.8) is 0 Å². The normalized spacial score (nSPS) is 25.8. The van der Waals surface area contributed by atoms with Crippen molar-refractivity contribution in [1.82, 2.24) is 4.90 Å². The van der Waals surface area contributed by atoms with Crippen LogP contribution in [0.2, 0.25) is 0 Å². The van der Waals surface area contributed by atoms with Crippen LogP contribution in [-0.2, 0) is 15.9 Å². The van der Waals surface area contributed by atoms with Gasteiger partial charge in [0.1, 0.15) is 0 Å². The maximum atomic E-state index is 6.29. The molecule has 130 valence electrons. The van der Waals surface area contributed by atoms with Crippen LogP contribution in [-0.4, -0.2) is 50.0 Å². The zero-order valence-corrected chi connectivity index (χ0v) is 16.0. The van der Waals surface area contributed by atoms with Gasteiger partial charge in [0.15, 0.2) is 0 Å². The highest BCUT2D eigenvalue weighted by atomic mass is 79.9. The van der Waals surface area contributed by atoms with E-state index in [1.165, 1.54) is 31.2 Å². The number of hydrogen-bond donors (Lipinski definition) is 0. The zero-order valence-electron chi connectivity index (χ0n) is 13.6. The molecule has 0 bridgehead atoms. The van der Waals surface area contributed by atoms with Crippen molar-refractivity contribution in [2.75, 3.05) is 32.9 Å². The van der Waals surface area contributed by atoms with E-state index in [0.717, 1.165) is 43.8 Å². The Morgan fingerprint density at radius 3 is 2.52 bits per heavy atom. The average Bonchev–Trinajstić information content (AvgIpc) is 2.58. The Morgan fingerprint density at radius 1 is 1.09 bits per heavy atom. The van der Waals surface area contributed by atoms with Gasteiger partial charge in [-0.2, -0.15) is 0 Å². The number of ether oxygens (including phenoxy) is 2. The first-order valence-electron chi connectivity index (χ1n) is 8.51. The maximum Gasteiger partial charge on any atom is 0.0730 e. The Balaban J connectivity index is 0.00000192. The summed E-state index contributed by atoms with van der Waals surface area (Å²) in [5.41, 5.74) is 1.35. The van der Waals surface area contributed by atoms with Crippen LogP contribution < -0.4 is 0 Å². The first-order chi connectivity index (χ1) is 10.8. The van der Waals surface area contributed by atoms with Gasteiger partial charge in [0, 0.05) is 23.6 Å². The summed E-state index contributed by atoms with van der Waals surface area (Å²) in [6.07, 6.45) is 6.55. The number of hydrogen-bond acceptors (Lipinski definition) is 3. The van der Waals surface area contributed by atoms with E-state index < -0.39 is 0 Å². The molecule has 0 amide bonds. The standard InChI is InChI=1S/C18H26BrNO2.ClH/c19-16-7-5-15(6-8-16)9-12-22-18-4-2-1-3-17(18)20-10-13-21-14-11-20;/h5-8,17-18H,1-4,9-14H2;1H/t17-,18-;/m1./s1. The second-order valence-electron chi connectivity index (χ2n) is 6.29. The Labute approximate surface area is 154 Å². The lowest BCUT2D eigenvalue weighted by molar-refractivity contribution is -0.0647. The molecule has 0 N–H and O–H groups in total. The molecule has 0 radical (unpaired) electrons. The average molecular weight is 405 g/mol. The minimum absolute atomic E-state index is 0. The third-order valence-electron chi connectivity index (χ3n) is 4.82. The lowest BCUT2D eigenvalue weighted by Crippen LogP contribution is -2.51. The summed E-state index contributed by atoms with van der Waals surface area (Å²) in [6, 6.07) is 9.16. The molecular formula is C18H27BrClNO2. The molecule has 0 unspecified atom stereocenters. The highest BCUT2D eigenvalue weighted by molar-refractivity contribution is 9.10. The van der Waals surface area contributed by atoms with Crippen LogP contribution in [0.1, 0.15) is 31.2 Å². The number of nitrogens with zero attached hydrogens (tertiary/aromatic N) is 1. The molecule has 1 aromatic rings. The van der Waals surface area contributed by atoms with Gasteiger partial charge in [-0.1, -0.05) is 40.9 Å². The quantitative estimate of drug-likeness (QED) is 0.738. The van der Waals surface area contributed by atoms with E-state index in [4.69, 9.17) is 9.47 Å². The van der Waals surface area contributed by atoms with Gasteiger partial charge in [-0.25, -0.2) is 0 Å². The Hall–Kier alpha value is -0.130. The molecule has 23 heavy (non-hydrogen) atoms. The van der Waals surface area contributed by atoms with Crippen molar-refractivity contribution in [3.8, 4) is 0 Å². The predicted molar refractivity (Wildman–Crippen MR) is 99.5 cm³/mol. The number of benzene rings is 1. The topological polar surface area (TPSA) is 21.7 Å². The van der Waals surface area contributed by atoms with E-state index in [2.05, 4.69) is 45.1 Å². The Bertz CT molecular complexity index is 451. The maximum absolute atomic E-state index is 6.29. The van der Waals surface area contributed by atoms with Crippen molar-refractivity contribution < 1.29 is 9.47 Å². The first kappa shape index (κ1) is 19.2. The van der Waals surface area contributed by atoms with E-state index in [1.807, 2.05) is 0 Å². The molecule has 2 aliphatic rings. The van der Waals surface area contributed by atoms with Gasteiger partial charge in [-0.15, -0.1) is 12.4 Å². The summed E-state index contributed by atoms with van der Waals surface area (Å²) in [5, 5.41) is 0. The number of halogens is 2. The van der Waals surface area contributed by atoms with Crippen molar-refractivity contribution in [2.24, 2.45) is 0 Å². The molecule has 0 spiro atoms. The lowest BCUT2D eigenvalue weighted by atomic mass is 9.91. The molecule has 1 aliphatic carbocycles. The van der Waals surface area contributed by atoms with Crippen LogP contribution >= 0.6 is 28.3 Å². The fourth-order valence-electron chi connectivity index (χ4n) is 3.58. The van der Waals surface area contributed by atoms with Crippen LogP contribution in [0.4, 0.5) is 0 Å². The Kier molecular flexibility index (Phi) is 8.34. The molecule has 5 heteroatoms. The zero-order chi connectivity index (χ0) is 15.2. The van der Waals surface area contributed by atoms with Crippen molar-refractivity contribution in [2.45, 2.75) is 44.2 Å². The Morgan fingerprint density at radius 2 is 1.78 bits per heavy atom. The van der Waals surface area contributed by atoms with Crippen molar-refractivity contribution >= 4 is 28.3 Å². The van der Waals surface area contributed by atoms with E-state index in [9.17, 15) is 0 Å². The number of morpholine rings is 1. The molecule has 1 saturated heterocycles. The van der Waals surface area contributed by atoms with Crippen molar-refractivity contribution in [1.29, 1.82) is 0 Å². The van der Waals surface area contributed by atoms with E-state index in [1.54, 1.807) is 0 Å². The minimum atomic E-state index is 0. The molecular weight excluding hydrogens is 378 g/mol. The van der Waals surface area contributed by atoms with Crippen LogP contribution in [0.25, 0.3) is 0 Å². The molecule has 1 aromatic carbocycles. The SMILES string of the molecule is Brc1ccc(CCO[C@@H]2CCCC[C@H]2N2CCOCC2)cc1.Cl. The van der Waals surface area contributed by atoms with E-state index in [-0.39, 0.29) is 12.4 Å². The summed E-state index contributed by atoms with van der Waals surface area (Å²) in [7, 11) is 0. The van der Waals surface area contributed by atoms with E-state index >= 15 is 0 Å². The molecule has 2 atom stereocenters. The molecule has 3 rings (SSSR count). The molecule has 1 heterocycles. The van der Waals surface area contributed by atoms with Gasteiger partial charge in [0.05, 0.1) is 25.9 Å². The van der Waals surface area contributed by atoms with Gasteiger partial charge >= 0.3 is 0 Å². The third kappa shape index (κ3) is 5.71. The summed E-state index contributed by atoms with van der Waals surface area (Å²) in [6.45, 7) is 4.71. The van der Waals surface area contributed by atoms with Gasteiger partial charge in [-0.3, -0.25) is 4.90 Å².